The van der Waals surface area contributed by atoms with Crippen molar-refractivity contribution in [3.63, 3.8) is 0 Å². The summed E-state index contributed by atoms with van der Waals surface area (Å²) in [5, 5.41) is 0. The summed E-state index contributed by atoms with van der Waals surface area (Å²) in [5.41, 5.74) is 5.88. The van der Waals surface area contributed by atoms with Crippen molar-refractivity contribution in [3.05, 3.63) is 0 Å². The van der Waals surface area contributed by atoms with Crippen LogP contribution in [0.5, 0.6) is 0 Å². The Morgan fingerprint density at radius 3 is 1.70 bits per heavy atom. The number of carbonyl (C=O) groups is 1. The number of nitrogens with two attached hydrogens (primary N) is 1. The van der Waals surface area contributed by atoms with Gasteiger partial charge >= 0.3 is 5.97 Å². The van der Waals surface area contributed by atoms with Crippen LogP contribution in [0.3, 0.4) is 0 Å². The summed E-state index contributed by atoms with van der Waals surface area (Å²) in [5.74, 6) is -0.120. The molecule has 0 rings (SSSR count). The lowest BCUT2D eigenvalue weighted by Gasteiger charge is -2.13. The second kappa shape index (κ2) is 17.8. The number of esters is 1. The molecule has 0 bridgehead atoms. The van der Waals surface area contributed by atoms with Crippen molar-refractivity contribution in [2.75, 3.05) is 0 Å². The van der Waals surface area contributed by atoms with Gasteiger partial charge in [0, 0.05) is 6.42 Å². The number of hydrogen-bond acceptors (Lipinski definition) is 3. The number of ether oxygens (including phenoxy) is 1. The molecule has 0 saturated carbocycles. The topological polar surface area (TPSA) is 52.3 Å². The van der Waals surface area contributed by atoms with Crippen molar-refractivity contribution in [2.45, 2.75) is 123 Å². The fraction of sp³-hybridized carbons (Fsp3) is 0.950. The van der Waals surface area contributed by atoms with Crippen LogP contribution in [-0.4, -0.2) is 12.2 Å². The van der Waals surface area contributed by atoms with Crippen LogP contribution in [0.1, 0.15) is 117 Å². The summed E-state index contributed by atoms with van der Waals surface area (Å²) < 4.78 is 5.27. The molecular weight excluding hydrogens is 286 g/mol. The summed E-state index contributed by atoms with van der Waals surface area (Å²) in [6, 6.07) is 0. The van der Waals surface area contributed by atoms with Gasteiger partial charge in [0.2, 0.25) is 0 Å². The molecule has 0 aromatic rings. The van der Waals surface area contributed by atoms with E-state index in [1.807, 2.05) is 0 Å². The van der Waals surface area contributed by atoms with Gasteiger partial charge in [-0.2, -0.15) is 0 Å². The molecule has 0 aliphatic heterocycles. The van der Waals surface area contributed by atoms with E-state index in [1.165, 1.54) is 70.6 Å². The molecule has 3 nitrogen and oxygen atoms in total. The SMILES string of the molecule is CCCCCCCCCCCC(N)OC(=O)CCCCCCC. The molecule has 0 radical (unpaired) electrons. The molecule has 0 aliphatic carbocycles. The molecule has 2 N–H and O–H groups in total. The van der Waals surface area contributed by atoms with Crippen LogP contribution < -0.4 is 5.73 Å². The van der Waals surface area contributed by atoms with E-state index < -0.39 is 6.23 Å². The van der Waals surface area contributed by atoms with Gasteiger partial charge in [0.25, 0.3) is 0 Å². The molecular formula is C20H41NO2. The van der Waals surface area contributed by atoms with E-state index in [0.29, 0.717) is 6.42 Å². The first-order chi connectivity index (χ1) is 11.2. The van der Waals surface area contributed by atoms with E-state index in [0.717, 1.165) is 25.7 Å². The van der Waals surface area contributed by atoms with Crippen LogP contribution in [-0.2, 0) is 9.53 Å². The van der Waals surface area contributed by atoms with Gasteiger partial charge in [0.15, 0.2) is 6.23 Å². The lowest BCUT2D eigenvalue weighted by Crippen LogP contribution is -2.26. The quantitative estimate of drug-likeness (QED) is 0.200. The number of carbonyl (C=O) groups excluding carboxylic acids is 1. The fourth-order valence-electron chi connectivity index (χ4n) is 2.82. The second-order valence-corrected chi connectivity index (χ2v) is 6.81. The van der Waals surface area contributed by atoms with Crippen LogP contribution in [0.15, 0.2) is 0 Å². The highest BCUT2D eigenvalue weighted by atomic mass is 16.6. The Morgan fingerprint density at radius 1 is 0.739 bits per heavy atom. The highest BCUT2D eigenvalue weighted by Gasteiger charge is 2.09. The Kier molecular flexibility index (Phi) is 17.3. The smallest absolute Gasteiger partial charge is 0.307 e. The van der Waals surface area contributed by atoms with Gasteiger partial charge in [-0.15, -0.1) is 0 Å². The summed E-state index contributed by atoms with van der Waals surface area (Å²) in [6.45, 7) is 4.45. The largest absolute Gasteiger partial charge is 0.447 e. The Hall–Kier alpha value is -0.570. The molecule has 138 valence electrons. The van der Waals surface area contributed by atoms with Crippen molar-refractivity contribution in [2.24, 2.45) is 5.73 Å². The van der Waals surface area contributed by atoms with Gasteiger partial charge in [-0.3, -0.25) is 10.5 Å². The minimum absolute atomic E-state index is 0.120. The van der Waals surface area contributed by atoms with Crippen molar-refractivity contribution < 1.29 is 9.53 Å². The van der Waals surface area contributed by atoms with Crippen LogP contribution in [0.25, 0.3) is 0 Å². The Balaban J connectivity index is 3.32. The molecule has 23 heavy (non-hydrogen) atoms. The van der Waals surface area contributed by atoms with Crippen LogP contribution in [0.4, 0.5) is 0 Å². The number of hydrogen-bond donors (Lipinski definition) is 1. The van der Waals surface area contributed by atoms with Crippen molar-refractivity contribution in [3.8, 4) is 0 Å². The molecule has 1 atom stereocenters. The van der Waals surface area contributed by atoms with E-state index in [2.05, 4.69) is 13.8 Å². The first-order valence-electron chi connectivity index (χ1n) is 10.2. The van der Waals surface area contributed by atoms with E-state index in [9.17, 15) is 4.79 Å². The molecule has 3 heteroatoms. The minimum Gasteiger partial charge on any atom is -0.447 e. The van der Waals surface area contributed by atoms with E-state index in [4.69, 9.17) is 10.5 Å². The predicted molar refractivity (Wildman–Crippen MR) is 99.3 cm³/mol. The number of rotatable bonds is 17. The molecule has 0 aromatic carbocycles. The third-order valence-electron chi connectivity index (χ3n) is 4.36. The monoisotopic (exact) mass is 327 g/mol. The zero-order valence-corrected chi connectivity index (χ0v) is 15.8. The van der Waals surface area contributed by atoms with Gasteiger partial charge in [-0.05, 0) is 19.3 Å². The first kappa shape index (κ1) is 22.4. The molecule has 1 unspecified atom stereocenters. The van der Waals surface area contributed by atoms with Gasteiger partial charge < -0.3 is 4.74 Å². The minimum atomic E-state index is -0.400. The summed E-state index contributed by atoms with van der Waals surface area (Å²) in [4.78, 5) is 11.6. The Bertz CT molecular complexity index is 256. The third-order valence-corrected chi connectivity index (χ3v) is 4.36. The third kappa shape index (κ3) is 17.6. The van der Waals surface area contributed by atoms with Crippen molar-refractivity contribution in [1.82, 2.24) is 0 Å². The predicted octanol–water partition coefficient (Wildman–Crippen LogP) is 6.10. The molecule has 0 heterocycles. The average Bonchev–Trinajstić information content (AvgIpc) is 2.53. The van der Waals surface area contributed by atoms with Crippen molar-refractivity contribution in [1.29, 1.82) is 0 Å². The summed E-state index contributed by atoms with van der Waals surface area (Å²) >= 11 is 0. The molecule has 0 saturated heterocycles. The van der Waals surface area contributed by atoms with Gasteiger partial charge in [-0.25, -0.2) is 0 Å². The number of unbranched alkanes of at least 4 members (excludes halogenated alkanes) is 12. The maximum absolute atomic E-state index is 11.6. The highest BCUT2D eigenvalue weighted by Crippen LogP contribution is 2.12. The van der Waals surface area contributed by atoms with Gasteiger partial charge in [-0.1, -0.05) is 90.9 Å². The van der Waals surface area contributed by atoms with Crippen LogP contribution >= 0.6 is 0 Å². The zero-order valence-electron chi connectivity index (χ0n) is 15.8. The van der Waals surface area contributed by atoms with Gasteiger partial charge in [0.1, 0.15) is 0 Å². The summed E-state index contributed by atoms with van der Waals surface area (Å²) in [6.07, 6.45) is 18.4. The van der Waals surface area contributed by atoms with Crippen molar-refractivity contribution >= 4 is 5.97 Å². The molecule has 0 aromatic heterocycles. The molecule has 0 spiro atoms. The maximum Gasteiger partial charge on any atom is 0.307 e. The lowest BCUT2D eigenvalue weighted by molar-refractivity contribution is -0.149. The van der Waals surface area contributed by atoms with Crippen LogP contribution in [0, 0.1) is 0 Å². The summed E-state index contributed by atoms with van der Waals surface area (Å²) in [7, 11) is 0. The Labute approximate surface area is 144 Å². The molecule has 0 fully saturated rings. The van der Waals surface area contributed by atoms with E-state index in [1.54, 1.807) is 0 Å². The second-order valence-electron chi connectivity index (χ2n) is 6.81. The van der Waals surface area contributed by atoms with Crippen LogP contribution in [0.2, 0.25) is 0 Å². The molecule has 0 amide bonds. The average molecular weight is 328 g/mol. The van der Waals surface area contributed by atoms with Gasteiger partial charge in [0.05, 0.1) is 0 Å². The highest BCUT2D eigenvalue weighted by molar-refractivity contribution is 5.69. The van der Waals surface area contributed by atoms with E-state index >= 15 is 0 Å². The standard InChI is InChI=1S/C20H41NO2/c1-3-5-7-9-10-11-12-14-15-17-19(21)23-20(22)18-16-13-8-6-4-2/h19H,3-18,21H2,1-2H3. The zero-order chi connectivity index (χ0) is 17.2. The Morgan fingerprint density at radius 2 is 1.17 bits per heavy atom. The van der Waals surface area contributed by atoms with E-state index in [-0.39, 0.29) is 5.97 Å². The first-order valence-corrected chi connectivity index (χ1v) is 10.2. The normalized spacial score (nSPS) is 12.3. The fourth-order valence-corrected chi connectivity index (χ4v) is 2.82. The maximum atomic E-state index is 11.6. The molecule has 0 aliphatic rings. The lowest BCUT2D eigenvalue weighted by atomic mass is 10.1.